The number of sulfonamides is 1. The van der Waals surface area contributed by atoms with Crippen LogP contribution in [-0.4, -0.2) is 52.6 Å². The summed E-state index contributed by atoms with van der Waals surface area (Å²) in [7, 11) is -3.70. The van der Waals surface area contributed by atoms with E-state index in [1.807, 2.05) is 13.8 Å². The Morgan fingerprint density at radius 2 is 1.92 bits per heavy atom. The predicted molar refractivity (Wildman–Crippen MR) is 135 cm³/mol. The molecule has 0 unspecified atom stereocenters. The van der Waals surface area contributed by atoms with Crippen LogP contribution in [0.1, 0.15) is 42.6 Å². The van der Waals surface area contributed by atoms with E-state index in [1.54, 1.807) is 18.5 Å². The molecule has 2 N–H and O–H groups in total. The highest BCUT2D eigenvalue weighted by Crippen LogP contribution is 2.33. The van der Waals surface area contributed by atoms with Crippen LogP contribution in [0, 0.1) is 5.82 Å². The second kappa shape index (κ2) is 9.77. The number of nitrogens with zero attached hydrogens (tertiary/aromatic N) is 3. The number of H-pyrrole nitrogens is 1. The number of halogens is 1. The van der Waals surface area contributed by atoms with Gasteiger partial charge in [0.2, 0.25) is 15.9 Å². The Morgan fingerprint density at radius 3 is 2.65 bits per heavy atom. The van der Waals surface area contributed by atoms with Gasteiger partial charge in [0.1, 0.15) is 5.65 Å². The molecule has 12 heteroatoms. The standard InChI is InChI=1S/C25H24FN5O5S/c1-3-35-24-18(12-29-25(30-24)36-4-2)14-10-17-19(13-28-23(17)27-11-14)22(32)16-6-5-7-20(21(16)26)31-37(33,34)15-8-9-15/h5-7,10-13,15,31H,3-4,8-9H2,1-2H3,(H,27,28). The summed E-state index contributed by atoms with van der Waals surface area (Å²) in [5, 5.41) is -0.0836. The molecule has 1 aromatic carbocycles. The monoisotopic (exact) mass is 525 g/mol. The number of pyridine rings is 1. The lowest BCUT2D eigenvalue weighted by molar-refractivity contribution is 0.103. The molecule has 37 heavy (non-hydrogen) atoms. The number of aromatic nitrogens is 4. The van der Waals surface area contributed by atoms with E-state index in [9.17, 15) is 13.2 Å². The first-order valence-corrected chi connectivity index (χ1v) is 13.3. The van der Waals surface area contributed by atoms with Crippen molar-refractivity contribution in [3.8, 4) is 23.0 Å². The van der Waals surface area contributed by atoms with Crippen molar-refractivity contribution < 1.29 is 27.1 Å². The Morgan fingerprint density at radius 1 is 1.14 bits per heavy atom. The molecule has 1 fully saturated rings. The Bertz CT molecular complexity index is 1600. The number of hydrogen-bond acceptors (Lipinski definition) is 8. The normalized spacial score (nSPS) is 13.5. The molecule has 3 heterocycles. The van der Waals surface area contributed by atoms with Gasteiger partial charge < -0.3 is 14.5 Å². The number of ether oxygens (including phenoxy) is 2. The quantitative estimate of drug-likeness (QED) is 0.296. The number of aromatic amines is 1. The Kier molecular flexibility index (Phi) is 6.50. The van der Waals surface area contributed by atoms with Crippen molar-refractivity contribution >= 4 is 32.5 Å². The molecule has 0 radical (unpaired) electrons. The molecule has 0 saturated heterocycles. The van der Waals surface area contributed by atoms with Crippen molar-refractivity contribution in [2.45, 2.75) is 31.9 Å². The molecule has 3 aromatic heterocycles. The van der Waals surface area contributed by atoms with E-state index >= 15 is 4.39 Å². The average Bonchev–Trinajstić information content (AvgIpc) is 3.66. The van der Waals surface area contributed by atoms with E-state index in [4.69, 9.17) is 9.47 Å². The molecule has 4 aromatic rings. The zero-order valence-electron chi connectivity index (χ0n) is 20.1. The third-order valence-electron chi connectivity index (χ3n) is 5.83. The molecule has 0 amide bonds. The summed E-state index contributed by atoms with van der Waals surface area (Å²) in [6, 6.07) is 5.93. The summed E-state index contributed by atoms with van der Waals surface area (Å²) in [5.74, 6) is -1.26. The van der Waals surface area contributed by atoms with Gasteiger partial charge >= 0.3 is 6.01 Å². The van der Waals surface area contributed by atoms with Gasteiger partial charge in [0, 0.05) is 35.1 Å². The summed E-state index contributed by atoms with van der Waals surface area (Å²) in [6.45, 7) is 4.40. The molecule has 1 aliphatic carbocycles. The van der Waals surface area contributed by atoms with Gasteiger partial charge in [-0.2, -0.15) is 4.98 Å². The minimum Gasteiger partial charge on any atom is -0.477 e. The highest BCUT2D eigenvalue weighted by Gasteiger charge is 2.36. The van der Waals surface area contributed by atoms with E-state index in [0.717, 1.165) is 0 Å². The number of nitrogens with one attached hydrogen (secondary N) is 2. The molecule has 5 rings (SSSR count). The zero-order chi connectivity index (χ0) is 26.2. The minimum absolute atomic E-state index is 0.175. The molecule has 0 atom stereocenters. The largest absolute Gasteiger partial charge is 0.477 e. The SMILES string of the molecule is CCOc1ncc(-c2cnc3[nH]cc(C(=O)c4cccc(NS(=O)(=O)C5CC5)c4F)c3c2)c(OCC)n1. The van der Waals surface area contributed by atoms with Crippen LogP contribution in [0.4, 0.5) is 10.1 Å². The fourth-order valence-corrected chi connectivity index (χ4v) is 5.27. The molecule has 0 bridgehead atoms. The van der Waals surface area contributed by atoms with Crippen molar-refractivity contribution in [1.82, 2.24) is 19.9 Å². The maximum atomic E-state index is 15.3. The van der Waals surface area contributed by atoms with E-state index in [-0.39, 0.29) is 22.8 Å². The first kappa shape index (κ1) is 24.6. The maximum absolute atomic E-state index is 15.3. The number of fused-ring (bicyclic) bond motifs is 1. The number of ketones is 1. The van der Waals surface area contributed by atoms with Crippen LogP contribution in [0.15, 0.2) is 42.9 Å². The lowest BCUT2D eigenvalue weighted by atomic mass is 10.0. The van der Waals surface area contributed by atoms with Gasteiger partial charge in [0.25, 0.3) is 0 Å². The van der Waals surface area contributed by atoms with Crippen molar-refractivity contribution in [2.24, 2.45) is 0 Å². The summed E-state index contributed by atoms with van der Waals surface area (Å²) < 4.78 is 53.2. The molecular formula is C25H24FN5O5S. The topological polar surface area (TPSA) is 136 Å². The third-order valence-corrected chi connectivity index (χ3v) is 7.69. The van der Waals surface area contributed by atoms with Crippen molar-refractivity contribution in [1.29, 1.82) is 0 Å². The smallest absolute Gasteiger partial charge is 0.319 e. The second-order valence-electron chi connectivity index (χ2n) is 8.40. The molecule has 192 valence electrons. The number of carbonyl (C=O) groups excluding carboxylic acids is 1. The molecule has 1 aliphatic rings. The summed E-state index contributed by atoms with van der Waals surface area (Å²) in [5.41, 5.74) is 1.20. The molecule has 1 saturated carbocycles. The van der Waals surface area contributed by atoms with Gasteiger partial charge in [0.15, 0.2) is 11.6 Å². The second-order valence-corrected chi connectivity index (χ2v) is 10.4. The predicted octanol–water partition coefficient (Wildman–Crippen LogP) is 4.09. The van der Waals surface area contributed by atoms with Gasteiger partial charge in [-0.05, 0) is 44.9 Å². The fourth-order valence-electron chi connectivity index (χ4n) is 3.88. The Hall–Kier alpha value is -4.06. The summed E-state index contributed by atoms with van der Waals surface area (Å²) in [6.07, 6.45) is 5.65. The highest BCUT2D eigenvalue weighted by atomic mass is 32.2. The third kappa shape index (κ3) is 4.84. The lowest BCUT2D eigenvalue weighted by Gasteiger charge is -2.11. The summed E-state index contributed by atoms with van der Waals surface area (Å²) in [4.78, 5) is 29.2. The maximum Gasteiger partial charge on any atom is 0.319 e. The molecular weight excluding hydrogens is 501 g/mol. The summed E-state index contributed by atoms with van der Waals surface area (Å²) >= 11 is 0. The van der Waals surface area contributed by atoms with Crippen molar-refractivity contribution in [2.75, 3.05) is 17.9 Å². The van der Waals surface area contributed by atoms with Gasteiger partial charge in [-0.25, -0.2) is 22.8 Å². The van der Waals surface area contributed by atoms with E-state index < -0.39 is 26.9 Å². The van der Waals surface area contributed by atoms with Gasteiger partial charge in [-0.15, -0.1) is 0 Å². The van der Waals surface area contributed by atoms with Crippen LogP contribution in [-0.2, 0) is 10.0 Å². The Labute approximate surface area is 212 Å². The number of carbonyl (C=O) groups is 1. The van der Waals surface area contributed by atoms with E-state index in [1.165, 1.54) is 24.4 Å². The lowest BCUT2D eigenvalue weighted by Crippen LogP contribution is -2.19. The van der Waals surface area contributed by atoms with Crippen molar-refractivity contribution in [3.63, 3.8) is 0 Å². The number of anilines is 1. The van der Waals surface area contributed by atoms with Gasteiger partial charge in [0.05, 0.1) is 35.3 Å². The van der Waals surface area contributed by atoms with E-state index in [2.05, 4.69) is 24.7 Å². The van der Waals surface area contributed by atoms with Crippen LogP contribution in [0.3, 0.4) is 0 Å². The van der Waals surface area contributed by atoms with Crippen LogP contribution >= 0.6 is 0 Å². The molecule has 0 spiro atoms. The van der Waals surface area contributed by atoms with Crippen LogP contribution in [0.5, 0.6) is 11.9 Å². The van der Waals surface area contributed by atoms with Crippen LogP contribution in [0.25, 0.3) is 22.2 Å². The van der Waals surface area contributed by atoms with E-state index in [0.29, 0.717) is 54.1 Å². The fraction of sp³-hybridized carbons (Fsp3) is 0.280. The molecule has 0 aliphatic heterocycles. The highest BCUT2D eigenvalue weighted by molar-refractivity contribution is 7.93. The number of hydrogen-bond donors (Lipinski definition) is 2. The number of rotatable bonds is 10. The first-order valence-electron chi connectivity index (χ1n) is 11.8. The van der Waals surface area contributed by atoms with Gasteiger partial charge in [-0.3, -0.25) is 9.52 Å². The van der Waals surface area contributed by atoms with Crippen LogP contribution in [0.2, 0.25) is 0 Å². The minimum atomic E-state index is -3.70. The number of benzene rings is 1. The first-order chi connectivity index (χ1) is 17.8. The van der Waals surface area contributed by atoms with Gasteiger partial charge in [-0.1, -0.05) is 6.07 Å². The van der Waals surface area contributed by atoms with Crippen LogP contribution < -0.4 is 14.2 Å². The zero-order valence-corrected chi connectivity index (χ0v) is 20.9. The Balaban J connectivity index is 1.52. The average molecular weight is 526 g/mol. The molecule has 10 nitrogen and oxygen atoms in total. The van der Waals surface area contributed by atoms with Crippen molar-refractivity contribution in [3.05, 3.63) is 59.8 Å².